The molecule has 150 valence electrons. The van der Waals surface area contributed by atoms with Gasteiger partial charge in [0.1, 0.15) is 12.4 Å². The van der Waals surface area contributed by atoms with Crippen molar-refractivity contribution in [3.63, 3.8) is 0 Å². The highest BCUT2D eigenvalue weighted by molar-refractivity contribution is 5.82. The maximum atomic E-state index is 12.8. The van der Waals surface area contributed by atoms with E-state index in [9.17, 15) is 4.79 Å². The second-order valence-corrected chi connectivity index (χ2v) is 7.33. The highest BCUT2D eigenvalue weighted by Gasteiger charge is 2.23. The van der Waals surface area contributed by atoms with Crippen LogP contribution in [0.4, 0.5) is 5.82 Å². The van der Waals surface area contributed by atoms with Crippen LogP contribution in [0.2, 0.25) is 0 Å². The average Bonchev–Trinajstić information content (AvgIpc) is 3.23. The number of nitrogens with zero attached hydrogens (tertiary/aromatic N) is 6. The molecule has 0 aliphatic carbocycles. The van der Waals surface area contributed by atoms with Crippen molar-refractivity contribution in [1.29, 1.82) is 0 Å². The van der Waals surface area contributed by atoms with E-state index in [-0.39, 0.29) is 12.5 Å². The molecule has 5 rings (SSSR count). The van der Waals surface area contributed by atoms with E-state index >= 15 is 0 Å². The minimum atomic E-state index is 0.0937. The van der Waals surface area contributed by atoms with Crippen molar-refractivity contribution in [3.05, 3.63) is 73.1 Å². The molecule has 0 atom stereocenters. The summed E-state index contributed by atoms with van der Waals surface area (Å²) < 4.78 is 1.78. The number of hydrogen-bond acceptors (Lipinski definition) is 5. The fraction of sp³-hybridized carbons (Fsp3) is 0.217. The molecule has 0 saturated carbocycles. The van der Waals surface area contributed by atoms with Crippen molar-refractivity contribution in [2.24, 2.45) is 0 Å². The lowest BCUT2D eigenvalue weighted by molar-refractivity contribution is -0.132. The quantitative estimate of drug-likeness (QED) is 0.529. The lowest BCUT2D eigenvalue weighted by atomic mass is 10.2. The number of anilines is 1. The molecule has 0 spiro atoms. The third-order valence-corrected chi connectivity index (χ3v) is 5.47. The third-order valence-electron chi connectivity index (χ3n) is 5.47. The molecule has 7 heteroatoms. The Hall–Kier alpha value is -3.74. The lowest BCUT2D eigenvalue weighted by Crippen LogP contribution is -2.50. The Morgan fingerprint density at radius 3 is 2.50 bits per heavy atom. The van der Waals surface area contributed by atoms with Gasteiger partial charge in [-0.05, 0) is 12.1 Å². The van der Waals surface area contributed by atoms with Crippen LogP contribution in [-0.2, 0) is 11.3 Å². The lowest BCUT2D eigenvalue weighted by Gasteiger charge is -2.35. The van der Waals surface area contributed by atoms with Gasteiger partial charge < -0.3 is 9.80 Å². The molecular weight excluding hydrogens is 376 g/mol. The normalized spacial score (nSPS) is 14.3. The van der Waals surface area contributed by atoms with E-state index in [1.54, 1.807) is 17.1 Å². The predicted molar refractivity (Wildman–Crippen MR) is 116 cm³/mol. The summed E-state index contributed by atoms with van der Waals surface area (Å²) in [6, 6.07) is 19.8. The minimum Gasteiger partial charge on any atom is -0.353 e. The van der Waals surface area contributed by atoms with Crippen molar-refractivity contribution in [1.82, 2.24) is 24.6 Å². The molecule has 7 nitrogen and oxygen atoms in total. The van der Waals surface area contributed by atoms with Crippen LogP contribution in [0.3, 0.4) is 0 Å². The highest BCUT2D eigenvalue weighted by Crippen LogP contribution is 2.19. The molecule has 0 N–H and O–H groups in total. The molecule has 4 aromatic rings. The smallest absolute Gasteiger partial charge is 0.244 e. The van der Waals surface area contributed by atoms with Gasteiger partial charge >= 0.3 is 0 Å². The number of amides is 1. The van der Waals surface area contributed by atoms with E-state index < -0.39 is 0 Å². The Labute approximate surface area is 174 Å². The van der Waals surface area contributed by atoms with Gasteiger partial charge in [-0.25, -0.2) is 9.97 Å². The number of aromatic nitrogens is 4. The molecule has 0 unspecified atom stereocenters. The molecule has 30 heavy (non-hydrogen) atoms. The van der Waals surface area contributed by atoms with Gasteiger partial charge in [-0.15, -0.1) is 0 Å². The molecule has 3 heterocycles. The first-order valence-corrected chi connectivity index (χ1v) is 10.1. The number of piperazine rings is 1. The van der Waals surface area contributed by atoms with Gasteiger partial charge in [0.25, 0.3) is 0 Å². The number of para-hydroxylation sites is 1. The number of hydrogen-bond donors (Lipinski definition) is 0. The van der Waals surface area contributed by atoms with Crippen LogP contribution in [0.5, 0.6) is 0 Å². The summed E-state index contributed by atoms with van der Waals surface area (Å²) in [5, 5.41) is 5.42. The molecule has 2 aromatic heterocycles. The fourth-order valence-electron chi connectivity index (χ4n) is 3.82. The standard InChI is InChI=1S/C23H22N6O/c30-22(17-29-20-9-5-4-8-19(20)16-25-29)28-14-12-27(13-15-28)21-10-11-24-23(26-21)18-6-2-1-3-7-18/h1-11,16H,12-15,17H2. The van der Waals surface area contributed by atoms with Crippen LogP contribution in [0, 0.1) is 0 Å². The summed E-state index contributed by atoms with van der Waals surface area (Å²) in [6.07, 6.45) is 3.60. The van der Waals surface area contributed by atoms with Gasteiger partial charge in [0.2, 0.25) is 5.91 Å². The Balaban J connectivity index is 1.24. The monoisotopic (exact) mass is 398 g/mol. The van der Waals surface area contributed by atoms with E-state index in [0.717, 1.165) is 41.2 Å². The van der Waals surface area contributed by atoms with E-state index in [1.165, 1.54) is 0 Å². The van der Waals surface area contributed by atoms with Crippen LogP contribution >= 0.6 is 0 Å². The predicted octanol–water partition coefficient (Wildman–Crippen LogP) is 2.84. The van der Waals surface area contributed by atoms with Gasteiger partial charge in [-0.1, -0.05) is 48.5 Å². The molecule has 1 fully saturated rings. The number of carbonyl (C=O) groups excluding carboxylic acids is 1. The third kappa shape index (κ3) is 3.61. The SMILES string of the molecule is O=C(Cn1ncc2ccccc21)N1CCN(c2ccnc(-c3ccccc3)n2)CC1. The Morgan fingerprint density at radius 1 is 0.900 bits per heavy atom. The molecular formula is C23H22N6O. The second-order valence-electron chi connectivity index (χ2n) is 7.33. The van der Waals surface area contributed by atoms with Crippen LogP contribution in [0.1, 0.15) is 0 Å². The number of carbonyl (C=O) groups is 1. The summed E-state index contributed by atoms with van der Waals surface area (Å²) in [5.41, 5.74) is 1.98. The zero-order valence-electron chi connectivity index (χ0n) is 16.6. The molecule has 1 aliphatic heterocycles. The average molecular weight is 398 g/mol. The summed E-state index contributed by atoms with van der Waals surface area (Å²) >= 11 is 0. The molecule has 1 saturated heterocycles. The summed E-state index contributed by atoms with van der Waals surface area (Å²) in [7, 11) is 0. The Kier molecular flexibility index (Phi) is 4.85. The van der Waals surface area contributed by atoms with Crippen LogP contribution in [-0.4, -0.2) is 56.7 Å². The molecule has 1 aliphatic rings. The highest BCUT2D eigenvalue weighted by atomic mass is 16.2. The van der Waals surface area contributed by atoms with E-state index in [1.807, 2.05) is 65.6 Å². The van der Waals surface area contributed by atoms with Gasteiger partial charge in [0.15, 0.2) is 5.82 Å². The number of benzene rings is 2. The Morgan fingerprint density at radius 2 is 1.67 bits per heavy atom. The van der Waals surface area contributed by atoms with Crippen LogP contribution in [0.25, 0.3) is 22.3 Å². The first-order valence-electron chi connectivity index (χ1n) is 10.1. The van der Waals surface area contributed by atoms with Crippen molar-refractivity contribution < 1.29 is 4.79 Å². The molecule has 0 radical (unpaired) electrons. The van der Waals surface area contributed by atoms with Crippen molar-refractivity contribution >= 4 is 22.6 Å². The maximum absolute atomic E-state index is 12.8. The molecule has 0 bridgehead atoms. The van der Waals surface area contributed by atoms with Gasteiger partial charge in [-0.3, -0.25) is 9.48 Å². The van der Waals surface area contributed by atoms with Crippen molar-refractivity contribution in [2.75, 3.05) is 31.1 Å². The van der Waals surface area contributed by atoms with Crippen LogP contribution < -0.4 is 4.90 Å². The molecule has 1 amide bonds. The first-order chi connectivity index (χ1) is 14.8. The summed E-state index contributed by atoms with van der Waals surface area (Å²) in [6.45, 7) is 3.10. The molecule has 2 aromatic carbocycles. The number of fused-ring (bicyclic) bond motifs is 1. The van der Waals surface area contributed by atoms with E-state index in [4.69, 9.17) is 4.98 Å². The van der Waals surface area contributed by atoms with E-state index in [2.05, 4.69) is 15.0 Å². The number of rotatable bonds is 4. The largest absolute Gasteiger partial charge is 0.353 e. The van der Waals surface area contributed by atoms with Crippen LogP contribution in [0.15, 0.2) is 73.1 Å². The van der Waals surface area contributed by atoms with Gasteiger partial charge in [0, 0.05) is 43.3 Å². The minimum absolute atomic E-state index is 0.0937. The van der Waals surface area contributed by atoms with Crippen molar-refractivity contribution in [2.45, 2.75) is 6.54 Å². The topological polar surface area (TPSA) is 67.2 Å². The zero-order chi connectivity index (χ0) is 20.3. The maximum Gasteiger partial charge on any atom is 0.244 e. The fourth-order valence-corrected chi connectivity index (χ4v) is 3.82. The Bertz CT molecular complexity index is 1160. The van der Waals surface area contributed by atoms with E-state index in [0.29, 0.717) is 13.1 Å². The van der Waals surface area contributed by atoms with Crippen molar-refractivity contribution in [3.8, 4) is 11.4 Å². The zero-order valence-corrected chi connectivity index (χ0v) is 16.6. The van der Waals surface area contributed by atoms with Gasteiger partial charge in [-0.2, -0.15) is 5.10 Å². The van der Waals surface area contributed by atoms with Gasteiger partial charge in [0.05, 0.1) is 11.7 Å². The summed E-state index contributed by atoms with van der Waals surface area (Å²) in [4.78, 5) is 26.1. The summed E-state index contributed by atoms with van der Waals surface area (Å²) in [5.74, 6) is 1.71. The second kappa shape index (κ2) is 7.94. The first kappa shape index (κ1) is 18.3.